The zero-order valence-corrected chi connectivity index (χ0v) is 14.8. The summed E-state index contributed by atoms with van der Waals surface area (Å²) >= 11 is 0. The maximum absolute atomic E-state index is 14.6. The molecular formula is C19H17FN6O. The number of aromatic nitrogens is 4. The van der Waals surface area contributed by atoms with Crippen LogP contribution in [0.25, 0.3) is 0 Å². The second-order valence-corrected chi connectivity index (χ2v) is 6.36. The fourth-order valence-corrected chi connectivity index (χ4v) is 3.21. The smallest absolute Gasteiger partial charge is 0.255 e. The number of hydrogen-bond donors (Lipinski definition) is 2. The third-order valence-corrected chi connectivity index (χ3v) is 4.43. The predicted molar refractivity (Wildman–Crippen MR) is 98.5 cm³/mol. The summed E-state index contributed by atoms with van der Waals surface area (Å²) in [5.74, 6) is -0.424. The summed E-state index contributed by atoms with van der Waals surface area (Å²) in [5.41, 5.74) is 2.92. The van der Waals surface area contributed by atoms with Crippen LogP contribution in [0.15, 0.2) is 59.8 Å². The van der Waals surface area contributed by atoms with Gasteiger partial charge in [-0.2, -0.15) is 4.68 Å². The molecule has 2 aromatic carbocycles. The van der Waals surface area contributed by atoms with Crippen LogP contribution in [0, 0.1) is 12.7 Å². The number of hydrogen-bond acceptors (Lipinski definition) is 5. The molecule has 1 aliphatic heterocycles. The molecule has 136 valence electrons. The first-order valence-corrected chi connectivity index (χ1v) is 8.42. The fraction of sp³-hybridized carbons (Fsp3) is 0.158. The van der Waals surface area contributed by atoms with Crippen LogP contribution in [0.5, 0.6) is 0 Å². The van der Waals surface area contributed by atoms with Crippen LogP contribution in [0.3, 0.4) is 0 Å². The Morgan fingerprint density at radius 1 is 1.19 bits per heavy atom. The van der Waals surface area contributed by atoms with E-state index in [0.717, 1.165) is 5.56 Å². The lowest BCUT2D eigenvalue weighted by Crippen LogP contribution is -2.32. The first-order chi connectivity index (χ1) is 13.0. The number of fused-ring (bicyclic) bond motifs is 1. The SMILES string of the molecule is CC1=C(C(=O)Nc2cccc(C)c2)C(c2ccccc2F)n2nnnc2N1. The Morgan fingerprint density at radius 2 is 2.00 bits per heavy atom. The van der Waals surface area contributed by atoms with Gasteiger partial charge in [0.05, 0.1) is 5.57 Å². The highest BCUT2D eigenvalue weighted by Crippen LogP contribution is 2.35. The standard InChI is InChI=1S/C19H17FN6O/c1-11-6-5-7-13(10-11)22-18(27)16-12(2)21-19-23-24-25-26(19)17(16)14-8-3-4-9-15(14)20/h3-10,17H,1-2H3,(H,22,27)(H,21,23,25). The molecule has 1 atom stereocenters. The Labute approximate surface area is 154 Å². The van der Waals surface area contributed by atoms with E-state index in [4.69, 9.17) is 0 Å². The van der Waals surface area contributed by atoms with Gasteiger partial charge in [0.1, 0.15) is 11.9 Å². The molecule has 0 aliphatic carbocycles. The number of carbonyl (C=O) groups is 1. The quantitative estimate of drug-likeness (QED) is 0.746. The molecule has 1 unspecified atom stereocenters. The van der Waals surface area contributed by atoms with Crippen LogP contribution in [-0.2, 0) is 4.79 Å². The summed E-state index contributed by atoms with van der Waals surface area (Å²) in [6, 6.07) is 13.0. The van der Waals surface area contributed by atoms with E-state index in [1.807, 2.05) is 25.1 Å². The molecule has 1 amide bonds. The first kappa shape index (κ1) is 16.9. The van der Waals surface area contributed by atoms with Crippen molar-refractivity contribution in [2.24, 2.45) is 0 Å². The zero-order chi connectivity index (χ0) is 19.0. The highest BCUT2D eigenvalue weighted by Gasteiger charge is 2.35. The topological polar surface area (TPSA) is 84.7 Å². The number of anilines is 2. The van der Waals surface area contributed by atoms with Crippen molar-refractivity contribution in [2.45, 2.75) is 19.9 Å². The van der Waals surface area contributed by atoms with Gasteiger partial charge in [0.25, 0.3) is 5.91 Å². The molecule has 0 fully saturated rings. The molecule has 0 radical (unpaired) electrons. The van der Waals surface area contributed by atoms with Crippen LogP contribution in [0.2, 0.25) is 0 Å². The molecule has 0 saturated carbocycles. The number of aryl methyl sites for hydroxylation is 1. The van der Waals surface area contributed by atoms with Gasteiger partial charge in [-0.25, -0.2) is 4.39 Å². The van der Waals surface area contributed by atoms with Gasteiger partial charge >= 0.3 is 0 Å². The number of amides is 1. The Kier molecular flexibility index (Phi) is 4.15. The molecule has 2 heterocycles. The van der Waals surface area contributed by atoms with Gasteiger partial charge in [0.15, 0.2) is 0 Å². The molecule has 0 saturated heterocycles. The minimum absolute atomic E-state index is 0.321. The first-order valence-electron chi connectivity index (χ1n) is 8.42. The summed E-state index contributed by atoms with van der Waals surface area (Å²) < 4.78 is 16.0. The number of tetrazole rings is 1. The van der Waals surface area contributed by atoms with Crippen molar-refractivity contribution in [3.63, 3.8) is 0 Å². The van der Waals surface area contributed by atoms with Gasteiger partial charge in [-0.05, 0) is 48.0 Å². The molecule has 4 rings (SSSR count). The van der Waals surface area contributed by atoms with Gasteiger partial charge in [-0.15, -0.1) is 0 Å². The average molecular weight is 364 g/mol. The van der Waals surface area contributed by atoms with Gasteiger partial charge in [0.2, 0.25) is 5.95 Å². The Balaban J connectivity index is 1.79. The lowest BCUT2D eigenvalue weighted by atomic mass is 9.94. The molecule has 8 heteroatoms. The third kappa shape index (κ3) is 3.05. The van der Waals surface area contributed by atoms with E-state index in [2.05, 4.69) is 26.2 Å². The number of halogens is 1. The number of nitrogens with one attached hydrogen (secondary N) is 2. The molecule has 3 aromatic rings. The van der Waals surface area contributed by atoms with Crippen molar-refractivity contribution >= 4 is 17.5 Å². The monoisotopic (exact) mass is 364 g/mol. The van der Waals surface area contributed by atoms with E-state index in [0.29, 0.717) is 28.5 Å². The van der Waals surface area contributed by atoms with E-state index in [1.165, 1.54) is 10.7 Å². The second-order valence-electron chi connectivity index (χ2n) is 6.36. The molecule has 7 nitrogen and oxygen atoms in total. The van der Waals surface area contributed by atoms with E-state index in [1.54, 1.807) is 31.2 Å². The van der Waals surface area contributed by atoms with E-state index < -0.39 is 11.9 Å². The number of allylic oxidation sites excluding steroid dienone is 1. The highest BCUT2D eigenvalue weighted by atomic mass is 19.1. The van der Waals surface area contributed by atoms with E-state index in [-0.39, 0.29) is 5.91 Å². The van der Waals surface area contributed by atoms with Crippen molar-refractivity contribution in [1.82, 2.24) is 20.2 Å². The molecular weight excluding hydrogens is 347 g/mol. The molecule has 1 aromatic heterocycles. The minimum Gasteiger partial charge on any atom is -0.326 e. The normalized spacial score (nSPS) is 15.9. The van der Waals surface area contributed by atoms with Crippen molar-refractivity contribution in [2.75, 3.05) is 10.6 Å². The van der Waals surface area contributed by atoms with E-state index >= 15 is 0 Å². The lowest BCUT2D eigenvalue weighted by Gasteiger charge is -2.28. The summed E-state index contributed by atoms with van der Waals surface area (Å²) in [4.78, 5) is 13.1. The average Bonchev–Trinajstić information content (AvgIpc) is 3.09. The Bertz CT molecular complexity index is 1060. The molecule has 0 spiro atoms. The Morgan fingerprint density at radius 3 is 2.78 bits per heavy atom. The molecule has 27 heavy (non-hydrogen) atoms. The number of benzene rings is 2. The van der Waals surface area contributed by atoms with Crippen molar-refractivity contribution in [1.29, 1.82) is 0 Å². The summed E-state index contributed by atoms with van der Waals surface area (Å²) in [6.07, 6.45) is 0. The molecule has 1 aliphatic rings. The summed E-state index contributed by atoms with van der Waals surface area (Å²) in [6.45, 7) is 3.69. The lowest BCUT2D eigenvalue weighted by molar-refractivity contribution is -0.113. The van der Waals surface area contributed by atoms with Crippen LogP contribution in [0.1, 0.15) is 24.1 Å². The van der Waals surface area contributed by atoms with Gasteiger partial charge in [-0.3, -0.25) is 4.79 Å². The highest BCUT2D eigenvalue weighted by molar-refractivity contribution is 6.06. The van der Waals surface area contributed by atoms with Crippen LogP contribution >= 0.6 is 0 Å². The van der Waals surface area contributed by atoms with Gasteiger partial charge in [0, 0.05) is 16.9 Å². The van der Waals surface area contributed by atoms with Gasteiger partial charge < -0.3 is 10.6 Å². The van der Waals surface area contributed by atoms with Gasteiger partial charge in [-0.1, -0.05) is 35.4 Å². The van der Waals surface area contributed by atoms with Crippen molar-refractivity contribution < 1.29 is 9.18 Å². The third-order valence-electron chi connectivity index (χ3n) is 4.43. The minimum atomic E-state index is -0.776. The molecule has 2 N–H and O–H groups in total. The molecule has 0 bridgehead atoms. The zero-order valence-electron chi connectivity index (χ0n) is 14.8. The number of carbonyl (C=O) groups excluding carboxylic acids is 1. The Hall–Kier alpha value is -3.55. The van der Waals surface area contributed by atoms with Crippen LogP contribution in [-0.4, -0.2) is 26.1 Å². The number of nitrogens with zero attached hydrogens (tertiary/aromatic N) is 4. The largest absolute Gasteiger partial charge is 0.326 e. The van der Waals surface area contributed by atoms with Crippen molar-refractivity contribution in [3.05, 3.63) is 76.7 Å². The predicted octanol–water partition coefficient (Wildman–Crippen LogP) is 3.05. The second kappa shape index (κ2) is 6.64. The van der Waals surface area contributed by atoms with E-state index in [9.17, 15) is 9.18 Å². The van der Waals surface area contributed by atoms with Crippen molar-refractivity contribution in [3.8, 4) is 0 Å². The fourth-order valence-electron chi connectivity index (χ4n) is 3.21. The maximum atomic E-state index is 14.6. The number of rotatable bonds is 3. The van der Waals surface area contributed by atoms with Crippen LogP contribution in [0.4, 0.5) is 16.0 Å². The van der Waals surface area contributed by atoms with Crippen LogP contribution < -0.4 is 10.6 Å². The maximum Gasteiger partial charge on any atom is 0.255 e. The summed E-state index contributed by atoms with van der Waals surface area (Å²) in [5, 5.41) is 17.4. The summed E-state index contributed by atoms with van der Waals surface area (Å²) in [7, 11) is 0.